The molecule has 84 valence electrons. The van der Waals surface area contributed by atoms with Gasteiger partial charge in [0.25, 0.3) is 0 Å². The lowest BCUT2D eigenvalue weighted by Crippen LogP contribution is -2.36. The number of nitrogens with two attached hydrogens (primary N) is 2. The Morgan fingerprint density at radius 3 is 1.53 bits per heavy atom. The summed E-state index contributed by atoms with van der Waals surface area (Å²) in [5.41, 5.74) is 9.71. The highest BCUT2D eigenvalue weighted by Gasteiger charge is 2.61. The molecule has 0 saturated carbocycles. The second-order valence-corrected chi connectivity index (χ2v) is 2.45. The Labute approximate surface area is 79.3 Å². The molecule has 0 amide bonds. The SMILES string of the molecule is Nc1nc(N)nc(C(F)(F)C(F)(F)F)n1. The van der Waals surface area contributed by atoms with Crippen molar-refractivity contribution in [1.82, 2.24) is 15.0 Å². The standard InChI is InChI=1S/C5H4F5N5/c6-4(7,5(8,9)10)1-13-2(11)15-3(12)14-1/h(H4,11,12,13,14,15). The van der Waals surface area contributed by atoms with Crippen molar-refractivity contribution in [3.05, 3.63) is 5.82 Å². The molecule has 0 radical (unpaired) electrons. The maximum atomic E-state index is 12.6. The van der Waals surface area contributed by atoms with Crippen LogP contribution in [0.25, 0.3) is 0 Å². The van der Waals surface area contributed by atoms with E-state index in [1.807, 2.05) is 0 Å². The summed E-state index contributed by atoms with van der Waals surface area (Å²) in [6, 6.07) is 0. The highest BCUT2D eigenvalue weighted by molar-refractivity contribution is 5.27. The Bertz CT molecular complexity index is 354. The van der Waals surface area contributed by atoms with Crippen molar-refractivity contribution in [3.63, 3.8) is 0 Å². The van der Waals surface area contributed by atoms with Gasteiger partial charge in [0.1, 0.15) is 0 Å². The first kappa shape index (κ1) is 11.3. The van der Waals surface area contributed by atoms with Gasteiger partial charge < -0.3 is 11.5 Å². The molecule has 0 saturated heterocycles. The van der Waals surface area contributed by atoms with Crippen molar-refractivity contribution in [1.29, 1.82) is 0 Å². The van der Waals surface area contributed by atoms with Gasteiger partial charge in [0, 0.05) is 0 Å². The second-order valence-electron chi connectivity index (χ2n) is 2.45. The number of aromatic nitrogens is 3. The molecule has 0 aliphatic rings. The third kappa shape index (κ3) is 2.02. The van der Waals surface area contributed by atoms with E-state index in [0.717, 1.165) is 0 Å². The number of alkyl halides is 5. The molecule has 0 fully saturated rings. The van der Waals surface area contributed by atoms with Gasteiger partial charge in [0.2, 0.25) is 17.7 Å². The third-order valence-electron chi connectivity index (χ3n) is 1.31. The van der Waals surface area contributed by atoms with Crippen LogP contribution in [0.5, 0.6) is 0 Å². The second kappa shape index (κ2) is 3.14. The molecule has 4 N–H and O–H groups in total. The molecule has 5 nitrogen and oxygen atoms in total. The predicted molar refractivity (Wildman–Crippen MR) is 38.6 cm³/mol. The lowest BCUT2D eigenvalue weighted by Gasteiger charge is -2.17. The molecule has 1 rings (SSSR count). The molecule has 0 spiro atoms. The van der Waals surface area contributed by atoms with Crippen LogP contribution in [0.2, 0.25) is 0 Å². The van der Waals surface area contributed by atoms with Crippen molar-refractivity contribution < 1.29 is 22.0 Å². The van der Waals surface area contributed by atoms with Gasteiger partial charge in [0.05, 0.1) is 0 Å². The monoisotopic (exact) mass is 229 g/mol. The summed E-state index contributed by atoms with van der Waals surface area (Å²) in [6.45, 7) is 0. The van der Waals surface area contributed by atoms with Crippen molar-refractivity contribution in [2.45, 2.75) is 12.1 Å². The van der Waals surface area contributed by atoms with E-state index in [-0.39, 0.29) is 0 Å². The van der Waals surface area contributed by atoms with Crippen molar-refractivity contribution in [2.75, 3.05) is 11.5 Å². The molecule has 0 bridgehead atoms. The summed E-state index contributed by atoms with van der Waals surface area (Å²) < 4.78 is 60.8. The minimum Gasteiger partial charge on any atom is -0.368 e. The normalized spacial score (nSPS) is 12.9. The van der Waals surface area contributed by atoms with Crippen molar-refractivity contribution in [2.24, 2.45) is 0 Å². The molecule has 1 aromatic rings. The van der Waals surface area contributed by atoms with Crippen LogP contribution < -0.4 is 11.5 Å². The Morgan fingerprint density at radius 2 is 1.20 bits per heavy atom. The third-order valence-corrected chi connectivity index (χ3v) is 1.31. The molecular weight excluding hydrogens is 225 g/mol. The van der Waals surface area contributed by atoms with E-state index in [1.165, 1.54) is 0 Å². The fourth-order valence-electron chi connectivity index (χ4n) is 0.677. The summed E-state index contributed by atoms with van der Waals surface area (Å²) in [5.74, 6) is -8.64. The Hall–Kier alpha value is -1.74. The fraction of sp³-hybridized carbons (Fsp3) is 0.400. The van der Waals surface area contributed by atoms with Crippen molar-refractivity contribution in [3.8, 4) is 0 Å². The zero-order chi connectivity index (χ0) is 11.9. The number of hydrogen-bond donors (Lipinski definition) is 2. The zero-order valence-corrected chi connectivity index (χ0v) is 6.89. The van der Waals surface area contributed by atoms with Crippen molar-refractivity contribution >= 4 is 11.9 Å². The number of rotatable bonds is 1. The summed E-state index contributed by atoms with van der Waals surface area (Å²) in [7, 11) is 0. The Morgan fingerprint density at radius 1 is 0.800 bits per heavy atom. The van der Waals surface area contributed by atoms with Gasteiger partial charge >= 0.3 is 12.1 Å². The topological polar surface area (TPSA) is 90.7 Å². The molecule has 10 heteroatoms. The first-order chi connectivity index (χ1) is 6.64. The van der Waals surface area contributed by atoms with E-state index in [4.69, 9.17) is 11.5 Å². The quantitative estimate of drug-likeness (QED) is 0.691. The highest BCUT2D eigenvalue weighted by Crippen LogP contribution is 2.42. The number of anilines is 2. The zero-order valence-electron chi connectivity index (χ0n) is 6.89. The lowest BCUT2D eigenvalue weighted by atomic mass is 10.3. The van der Waals surface area contributed by atoms with E-state index >= 15 is 0 Å². The fourth-order valence-corrected chi connectivity index (χ4v) is 0.677. The van der Waals surface area contributed by atoms with E-state index in [1.54, 1.807) is 0 Å². The average Bonchev–Trinajstić information content (AvgIpc) is 1.99. The summed E-state index contributed by atoms with van der Waals surface area (Å²) in [5, 5.41) is 0. The van der Waals surface area contributed by atoms with Crippen LogP contribution in [0.3, 0.4) is 0 Å². The molecule has 1 heterocycles. The molecule has 0 unspecified atom stereocenters. The average molecular weight is 229 g/mol. The summed E-state index contributed by atoms with van der Waals surface area (Å²) in [6.07, 6.45) is -5.81. The van der Waals surface area contributed by atoms with E-state index in [0.29, 0.717) is 0 Å². The Kier molecular flexibility index (Phi) is 2.37. The first-order valence-corrected chi connectivity index (χ1v) is 3.36. The largest absolute Gasteiger partial charge is 0.461 e. The van der Waals surface area contributed by atoms with Crippen LogP contribution in [0.15, 0.2) is 0 Å². The summed E-state index contributed by atoms with van der Waals surface area (Å²) >= 11 is 0. The number of halogens is 5. The van der Waals surface area contributed by atoms with Crippen LogP contribution in [-0.2, 0) is 5.92 Å². The van der Waals surface area contributed by atoms with Crippen LogP contribution >= 0.6 is 0 Å². The number of nitrogens with zero attached hydrogens (tertiary/aromatic N) is 3. The van der Waals surface area contributed by atoms with Gasteiger partial charge in [-0.05, 0) is 0 Å². The van der Waals surface area contributed by atoms with E-state index in [9.17, 15) is 22.0 Å². The smallest absolute Gasteiger partial charge is 0.368 e. The predicted octanol–water partition coefficient (Wildman–Crippen LogP) is 0.690. The van der Waals surface area contributed by atoms with E-state index in [2.05, 4.69) is 15.0 Å². The van der Waals surface area contributed by atoms with Crippen LogP contribution in [0.4, 0.5) is 33.8 Å². The van der Waals surface area contributed by atoms with Crippen LogP contribution in [-0.4, -0.2) is 21.1 Å². The molecular formula is C5H4F5N5. The Balaban J connectivity index is 3.27. The van der Waals surface area contributed by atoms with Gasteiger partial charge in [0.15, 0.2) is 0 Å². The molecule has 0 aliphatic carbocycles. The van der Waals surface area contributed by atoms with Gasteiger partial charge in [-0.2, -0.15) is 36.9 Å². The number of hydrogen-bond acceptors (Lipinski definition) is 5. The lowest BCUT2D eigenvalue weighted by molar-refractivity contribution is -0.292. The maximum absolute atomic E-state index is 12.6. The van der Waals surface area contributed by atoms with Crippen LogP contribution in [0, 0.1) is 0 Å². The van der Waals surface area contributed by atoms with Gasteiger partial charge in [-0.1, -0.05) is 0 Å². The van der Waals surface area contributed by atoms with Gasteiger partial charge in [-0.3, -0.25) is 0 Å². The van der Waals surface area contributed by atoms with E-state index < -0.39 is 29.8 Å². The minimum absolute atomic E-state index is 0.804. The molecule has 0 atom stereocenters. The van der Waals surface area contributed by atoms with Gasteiger partial charge in [-0.25, -0.2) is 0 Å². The molecule has 0 aliphatic heterocycles. The maximum Gasteiger partial charge on any atom is 0.461 e. The number of nitrogen functional groups attached to an aromatic ring is 2. The minimum atomic E-state index is -5.81. The molecule has 15 heavy (non-hydrogen) atoms. The molecule has 0 aromatic carbocycles. The summed E-state index contributed by atoms with van der Waals surface area (Å²) in [4.78, 5) is 8.42. The van der Waals surface area contributed by atoms with Crippen LogP contribution in [0.1, 0.15) is 5.82 Å². The van der Waals surface area contributed by atoms with Gasteiger partial charge in [-0.15, -0.1) is 0 Å². The highest BCUT2D eigenvalue weighted by atomic mass is 19.4. The first-order valence-electron chi connectivity index (χ1n) is 3.36. The molecule has 1 aromatic heterocycles.